The van der Waals surface area contributed by atoms with Crippen molar-refractivity contribution in [2.75, 3.05) is 13.2 Å². The highest BCUT2D eigenvalue weighted by molar-refractivity contribution is 5.93. The number of carbonyl (C=O) groups is 1. The third kappa shape index (κ3) is 2.77. The highest BCUT2D eigenvalue weighted by Gasteiger charge is 2.40. The van der Waals surface area contributed by atoms with E-state index in [2.05, 4.69) is 10.3 Å². The maximum atomic E-state index is 12.0. The lowest BCUT2D eigenvalue weighted by Crippen LogP contribution is -2.44. The summed E-state index contributed by atoms with van der Waals surface area (Å²) in [6.45, 7) is 1.37. The maximum absolute atomic E-state index is 12.0. The molecule has 0 atom stereocenters. The number of ether oxygens (including phenoxy) is 2. The second-order valence-electron chi connectivity index (χ2n) is 5.10. The lowest BCUT2D eigenvalue weighted by atomic mass is 9.90. The molecule has 1 spiro atoms. The second-order valence-corrected chi connectivity index (χ2v) is 5.10. The van der Waals surface area contributed by atoms with Crippen molar-refractivity contribution in [1.29, 1.82) is 0 Å². The normalized spacial score (nSPS) is 22.5. The van der Waals surface area contributed by atoms with Crippen LogP contribution in [0.15, 0.2) is 24.5 Å². The molecule has 5 nitrogen and oxygen atoms in total. The molecule has 1 aliphatic carbocycles. The predicted molar refractivity (Wildman–Crippen MR) is 68.6 cm³/mol. The zero-order valence-corrected chi connectivity index (χ0v) is 10.8. The van der Waals surface area contributed by atoms with Crippen molar-refractivity contribution in [3.8, 4) is 0 Å². The number of nitrogens with zero attached hydrogens (tertiary/aromatic N) is 1. The van der Waals surface area contributed by atoms with E-state index in [-0.39, 0.29) is 17.7 Å². The predicted octanol–water partition coefficient (Wildman–Crippen LogP) is 1.50. The Bertz CT molecular complexity index is 433. The summed E-state index contributed by atoms with van der Waals surface area (Å²) in [7, 11) is 0. The number of nitrogens with one attached hydrogen (secondary N) is 1. The fraction of sp³-hybridized carbons (Fsp3) is 0.571. The molecule has 19 heavy (non-hydrogen) atoms. The first-order chi connectivity index (χ1) is 9.27. The Morgan fingerprint density at radius 2 is 2.05 bits per heavy atom. The van der Waals surface area contributed by atoms with Crippen LogP contribution in [0, 0.1) is 0 Å². The van der Waals surface area contributed by atoms with Crippen molar-refractivity contribution in [1.82, 2.24) is 10.3 Å². The zero-order chi connectivity index (χ0) is 13.1. The molecule has 2 fully saturated rings. The lowest BCUT2D eigenvalue weighted by molar-refractivity contribution is -0.179. The van der Waals surface area contributed by atoms with Gasteiger partial charge in [-0.1, -0.05) is 0 Å². The van der Waals surface area contributed by atoms with E-state index in [0.717, 1.165) is 25.7 Å². The topological polar surface area (TPSA) is 60.5 Å². The Morgan fingerprint density at radius 3 is 2.68 bits per heavy atom. The maximum Gasteiger partial charge on any atom is 0.253 e. The van der Waals surface area contributed by atoms with E-state index in [9.17, 15) is 4.79 Å². The van der Waals surface area contributed by atoms with E-state index in [1.54, 1.807) is 24.5 Å². The van der Waals surface area contributed by atoms with Gasteiger partial charge in [-0.2, -0.15) is 0 Å². The molecule has 102 valence electrons. The summed E-state index contributed by atoms with van der Waals surface area (Å²) >= 11 is 0. The number of hydrogen-bond donors (Lipinski definition) is 1. The Hall–Kier alpha value is -1.46. The van der Waals surface area contributed by atoms with Crippen molar-refractivity contribution >= 4 is 5.91 Å². The van der Waals surface area contributed by atoms with E-state index in [1.165, 1.54) is 0 Å². The van der Waals surface area contributed by atoms with Crippen molar-refractivity contribution in [2.24, 2.45) is 0 Å². The summed E-state index contributed by atoms with van der Waals surface area (Å²) < 4.78 is 11.3. The van der Waals surface area contributed by atoms with Gasteiger partial charge in [0.05, 0.1) is 18.8 Å². The van der Waals surface area contributed by atoms with Crippen LogP contribution in [0.25, 0.3) is 0 Å². The molecule has 3 rings (SSSR count). The highest BCUT2D eigenvalue weighted by Crippen LogP contribution is 2.35. The number of hydrogen-bond acceptors (Lipinski definition) is 4. The van der Waals surface area contributed by atoms with Gasteiger partial charge in [-0.25, -0.2) is 0 Å². The van der Waals surface area contributed by atoms with Crippen LogP contribution in [0.3, 0.4) is 0 Å². The molecular weight excluding hydrogens is 244 g/mol. The first-order valence-electron chi connectivity index (χ1n) is 6.76. The highest BCUT2D eigenvalue weighted by atomic mass is 16.7. The molecule has 5 heteroatoms. The van der Waals surface area contributed by atoms with E-state index in [4.69, 9.17) is 9.47 Å². The van der Waals surface area contributed by atoms with Crippen molar-refractivity contribution in [3.63, 3.8) is 0 Å². The molecule has 1 N–H and O–H groups in total. The Kier molecular flexibility index (Phi) is 3.48. The lowest BCUT2D eigenvalue weighted by Gasteiger charge is -2.35. The molecule has 1 aromatic rings. The first kappa shape index (κ1) is 12.6. The SMILES string of the molecule is O=C(NC1CCC2(CC1)OCCO2)c1cccnc1. The van der Waals surface area contributed by atoms with Crippen molar-refractivity contribution in [3.05, 3.63) is 30.1 Å². The minimum absolute atomic E-state index is 0.0534. The average molecular weight is 262 g/mol. The monoisotopic (exact) mass is 262 g/mol. The van der Waals surface area contributed by atoms with E-state index in [0.29, 0.717) is 18.8 Å². The summed E-state index contributed by atoms with van der Waals surface area (Å²) in [4.78, 5) is 16.0. The molecule has 0 radical (unpaired) electrons. The molecular formula is C14H18N2O3. The van der Waals surface area contributed by atoms with Gasteiger partial charge in [0.1, 0.15) is 0 Å². The van der Waals surface area contributed by atoms with Gasteiger partial charge >= 0.3 is 0 Å². The van der Waals surface area contributed by atoms with Crippen LogP contribution in [0.5, 0.6) is 0 Å². The first-order valence-corrected chi connectivity index (χ1v) is 6.76. The smallest absolute Gasteiger partial charge is 0.253 e. The molecule has 1 amide bonds. The van der Waals surface area contributed by atoms with E-state index >= 15 is 0 Å². The van der Waals surface area contributed by atoms with E-state index < -0.39 is 0 Å². The summed E-state index contributed by atoms with van der Waals surface area (Å²) in [5, 5.41) is 3.05. The molecule has 2 heterocycles. The fourth-order valence-electron chi connectivity index (χ4n) is 2.75. The molecule has 0 unspecified atom stereocenters. The third-order valence-corrected chi connectivity index (χ3v) is 3.82. The Balaban J connectivity index is 1.53. The van der Waals surface area contributed by atoms with Gasteiger partial charge in [0.25, 0.3) is 5.91 Å². The molecule has 1 aliphatic heterocycles. The summed E-state index contributed by atoms with van der Waals surface area (Å²) in [6.07, 6.45) is 6.74. The minimum Gasteiger partial charge on any atom is -0.349 e. The van der Waals surface area contributed by atoms with Crippen molar-refractivity contribution < 1.29 is 14.3 Å². The van der Waals surface area contributed by atoms with Crippen LogP contribution in [0.4, 0.5) is 0 Å². The van der Waals surface area contributed by atoms with Gasteiger partial charge < -0.3 is 14.8 Å². The summed E-state index contributed by atoms with van der Waals surface area (Å²) in [5.74, 6) is -0.419. The van der Waals surface area contributed by atoms with Crippen LogP contribution in [0.1, 0.15) is 36.0 Å². The largest absolute Gasteiger partial charge is 0.349 e. The average Bonchev–Trinajstić information content (AvgIpc) is 2.91. The van der Waals surface area contributed by atoms with Crippen LogP contribution >= 0.6 is 0 Å². The van der Waals surface area contributed by atoms with Gasteiger partial charge in [-0.05, 0) is 25.0 Å². The van der Waals surface area contributed by atoms with Crippen LogP contribution in [-0.2, 0) is 9.47 Å². The summed E-state index contributed by atoms with van der Waals surface area (Å²) in [5.41, 5.74) is 0.608. The third-order valence-electron chi connectivity index (χ3n) is 3.82. The molecule has 1 saturated carbocycles. The number of aromatic nitrogens is 1. The molecule has 0 bridgehead atoms. The molecule has 2 aliphatic rings. The van der Waals surface area contributed by atoms with Crippen LogP contribution in [-0.4, -0.2) is 35.9 Å². The Morgan fingerprint density at radius 1 is 1.32 bits per heavy atom. The van der Waals surface area contributed by atoms with Gasteiger partial charge in [0.2, 0.25) is 0 Å². The molecule has 0 aromatic carbocycles. The zero-order valence-electron chi connectivity index (χ0n) is 10.8. The minimum atomic E-state index is -0.366. The van der Waals surface area contributed by atoms with Crippen molar-refractivity contribution in [2.45, 2.75) is 37.5 Å². The quantitative estimate of drug-likeness (QED) is 0.877. The second kappa shape index (κ2) is 5.27. The number of carbonyl (C=O) groups excluding carboxylic acids is 1. The molecule has 1 saturated heterocycles. The van der Waals surface area contributed by atoms with Crippen LogP contribution in [0.2, 0.25) is 0 Å². The number of rotatable bonds is 2. The van der Waals surface area contributed by atoms with Gasteiger partial charge in [-0.15, -0.1) is 0 Å². The Labute approximate surface area is 112 Å². The standard InChI is InChI=1S/C14H18N2O3/c17-13(11-2-1-7-15-10-11)16-12-3-5-14(6-4-12)18-8-9-19-14/h1-2,7,10,12H,3-6,8-9H2,(H,16,17). The number of pyridine rings is 1. The molecule has 1 aromatic heterocycles. The van der Waals surface area contributed by atoms with E-state index in [1.807, 2.05) is 0 Å². The fourth-order valence-corrected chi connectivity index (χ4v) is 2.75. The van der Waals surface area contributed by atoms with Crippen LogP contribution < -0.4 is 5.32 Å². The van der Waals surface area contributed by atoms with Gasteiger partial charge in [-0.3, -0.25) is 9.78 Å². The van der Waals surface area contributed by atoms with Gasteiger partial charge in [0.15, 0.2) is 5.79 Å². The van der Waals surface area contributed by atoms with Gasteiger partial charge in [0, 0.05) is 31.3 Å². The summed E-state index contributed by atoms with van der Waals surface area (Å²) in [6, 6.07) is 3.74. The number of amides is 1.